The van der Waals surface area contributed by atoms with Crippen LogP contribution in [0.2, 0.25) is 0 Å². The van der Waals surface area contributed by atoms with Gasteiger partial charge >= 0.3 is 0 Å². The third-order valence-electron chi connectivity index (χ3n) is 2.19. The van der Waals surface area contributed by atoms with E-state index < -0.39 is 0 Å². The van der Waals surface area contributed by atoms with Crippen LogP contribution < -0.4 is 9.47 Å². The van der Waals surface area contributed by atoms with Crippen molar-refractivity contribution >= 4 is 0 Å². The number of methoxy groups -OCH3 is 2. The van der Waals surface area contributed by atoms with E-state index in [1.807, 2.05) is 24.3 Å². The summed E-state index contributed by atoms with van der Waals surface area (Å²) in [5.74, 6) is 1.83. The van der Waals surface area contributed by atoms with Crippen LogP contribution in [0.3, 0.4) is 0 Å². The van der Waals surface area contributed by atoms with Crippen molar-refractivity contribution < 1.29 is 18.7 Å². The second-order valence-corrected chi connectivity index (χ2v) is 3.31. The Morgan fingerprint density at radius 2 is 1.94 bits per heavy atom. The van der Waals surface area contributed by atoms with Crippen molar-refractivity contribution in [3.63, 3.8) is 0 Å². The molecule has 0 N–H and O–H groups in total. The summed E-state index contributed by atoms with van der Waals surface area (Å²) in [6, 6.07) is 9.20. The Hall–Kier alpha value is -2.01. The Kier molecular flexibility index (Phi) is 3.62. The SMILES string of the molecule is COCOc1cc(-c2ccc(OC)cc2)on1. The van der Waals surface area contributed by atoms with Crippen LogP contribution in [0.5, 0.6) is 11.6 Å². The molecule has 2 aromatic rings. The molecule has 0 saturated heterocycles. The predicted molar refractivity (Wildman–Crippen MR) is 61.0 cm³/mol. The maximum atomic E-state index is 5.15. The Balaban J connectivity index is 2.12. The molecule has 17 heavy (non-hydrogen) atoms. The number of benzene rings is 1. The highest BCUT2D eigenvalue weighted by molar-refractivity contribution is 5.59. The first kappa shape index (κ1) is 11.5. The minimum atomic E-state index is 0.147. The molecule has 0 unspecified atom stereocenters. The van der Waals surface area contributed by atoms with E-state index in [4.69, 9.17) is 18.7 Å². The van der Waals surface area contributed by atoms with Crippen molar-refractivity contribution in [3.8, 4) is 23.0 Å². The summed E-state index contributed by atoms with van der Waals surface area (Å²) in [5, 5.41) is 3.76. The molecule has 0 fully saturated rings. The van der Waals surface area contributed by atoms with Gasteiger partial charge in [-0.05, 0) is 29.4 Å². The summed E-state index contributed by atoms with van der Waals surface area (Å²) in [7, 11) is 3.17. The lowest BCUT2D eigenvalue weighted by Gasteiger charge is -1.99. The highest BCUT2D eigenvalue weighted by Gasteiger charge is 2.07. The van der Waals surface area contributed by atoms with Gasteiger partial charge in [0.05, 0.1) is 7.11 Å². The Morgan fingerprint density at radius 1 is 1.18 bits per heavy atom. The lowest BCUT2D eigenvalue weighted by Crippen LogP contribution is -1.98. The van der Waals surface area contributed by atoms with E-state index in [1.54, 1.807) is 20.3 Å². The van der Waals surface area contributed by atoms with Gasteiger partial charge in [0.1, 0.15) is 5.75 Å². The van der Waals surface area contributed by atoms with E-state index in [0.717, 1.165) is 11.3 Å². The molecule has 0 bridgehead atoms. The minimum absolute atomic E-state index is 0.147. The second kappa shape index (κ2) is 5.36. The van der Waals surface area contributed by atoms with Crippen LogP contribution in [0.1, 0.15) is 0 Å². The summed E-state index contributed by atoms with van der Waals surface area (Å²) >= 11 is 0. The molecule has 0 aliphatic carbocycles. The maximum Gasteiger partial charge on any atom is 0.256 e. The third kappa shape index (κ3) is 2.76. The minimum Gasteiger partial charge on any atom is -0.497 e. The average Bonchev–Trinajstić information content (AvgIpc) is 2.85. The molecular formula is C12H13NO4. The zero-order valence-corrected chi connectivity index (χ0v) is 9.67. The first-order valence-corrected chi connectivity index (χ1v) is 5.06. The molecule has 1 heterocycles. The molecule has 0 radical (unpaired) electrons. The first-order chi connectivity index (χ1) is 8.33. The average molecular weight is 235 g/mol. The van der Waals surface area contributed by atoms with Gasteiger partial charge < -0.3 is 18.7 Å². The maximum absolute atomic E-state index is 5.15. The van der Waals surface area contributed by atoms with Gasteiger partial charge in [-0.15, -0.1) is 0 Å². The summed E-state index contributed by atoms with van der Waals surface area (Å²) < 4.78 is 20.1. The summed E-state index contributed by atoms with van der Waals surface area (Å²) in [4.78, 5) is 0. The molecule has 0 aliphatic heterocycles. The zero-order valence-electron chi connectivity index (χ0n) is 9.67. The summed E-state index contributed by atoms with van der Waals surface area (Å²) in [6.45, 7) is 0.147. The van der Waals surface area contributed by atoms with Gasteiger partial charge in [0, 0.05) is 18.7 Å². The van der Waals surface area contributed by atoms with E-state index in [1.165, 1.54) is 0 Å². The standard InChI is InChI=1S/C12H13NO4/c1-14-8-16-12-7-11(17-13-12)9-3-5-10(15-2)6-4-9/h3-7H,8H2,1-2H3. The molecule has 1 aromatic heterocycles. The highest BCUT2D eigenvalue weighted by atomic mass is 16.7. The third-order valence-corrected chi connectivity index (χ3v) is 2.19. The molecule has 0 aliphatic rings. The second-order valence-electron chi connectivity index (χ2n) is 3.31. The Labute approximate surface area is 98.9 Å². The summed E-state index contributed by atoms with van der Waals surface area (Å²) in [5.41, 5.74) is 0.908. The molecule has 0 spiro atoms. The van der Waals surface area contributed by atoms with Crippen LogP contribution in [0.15, 0.2) is 34.9 Å². The molecular weight excluding hydrogens is 222 g/mol. The summed E-state index contributed by atoms with van der Waals surface area (Å²) in [6.07, 6.45) is 0. The van der Waals surface area contributed by atoms with Crippen molar-refractivity contribution in [1.82, 2.24) is 5.16 Å². The van der Waals surface area contributed by atoms with Gasteiger partial charge in [-0.25, -0.2) is 0 Å². The fraction of sp³-hybridized carbons (Fsp3) is 0.250. The van der Waals surface area contributed by atoms with Gasteiger partial charge in [-0.2, -0.15) is 0 Å². The zero-order chi connectivity index (χ0) is 12.1. The quantitative estimate of drug-likeness (QED) is 0.744. The number of nitrogens with zero attached hydrogens (tertiary/aromatic N) is 1. The van der Waals surface area contributed by atoms with E-state index in [2.05, 4.69) is 5.16 Å². The van der Waals surface area contributed by atoms with Gasteiger partial charge in [-0.3, -0.25) is 0 Å². The lowest BCUT2D eigenvalue weighted by atomic mass is 10.2. The van der Waals surface area contributed by atoms with E-state index >= 15 is 0 Å². The highest BCUT2D eigenvalue weighted by Crippen LogP contribution is 2.25. The number of aromatic nitrogens is 1. The molecule has 0 amide bonds. The van der Waals surface area contributed by atoms with Crippen LogP contribution in [0.4, 0.5) is 0 Å². The van der Waals surface area contributed by atoms with Crippen LogP contribution in [0, 0.1) is 0 Å². The number of hydrogen-bond donors (Lipinski definition) is 0. The van der Waals surface area contributed by atoms with E-state index in [0.29, 0.717) is 11.6 Å². The number of ether oxygens (including phenoxy) is 3. The molecule has 90 valence electrons. The van der Waals surface area contributed by atoms with Gasteiger partial charge in [0.2, 0.25) is 0 Å². The fourth-order valence-electron chi connectivity index (χ4n) is 1.34. The van der Waals surface area contributed by atoms with Gasteiger partial charge in [-0.1, -0.05) is 0 Å². The lowest BCUT2D eigenvalue weighted by molar-refractivity contribution is 0.0453. The smallest absolute Gasteiger partial charge is 0.256 e. The Bertz CT molecular complexity index is 464. The first-order valence-electron chi connectivity index (χ1n) is 5.06. The topological polar surface area (TPSA) is 53.7 Å². The number of rotatable bonds is 5. The van der Waals surface area contributed by atoms with Crippen molar-refractivity contribution in [3.05, 3.63) is 30.3 Å². The molecule has 0 atom stereocenters. The molecule has 1 aromatic carbocycles. The van der Waals surface area contributed by atoms with Gasteiger partial charge in [0.15, 0.2) is 12.6 Å². The fourth-order valence-corrected chi connectivity index (χ4v) is 1.34. The monoisotopic (exact) mass is 235 g/mol. The van der Waals surface area contributed by atoms with Crippen molar-refractivity contribution in [2.24, 2.45) is 0 Å². The van der Waals surface area contributed by atoms with Crippen molar-refractivity contribution in [1.29, 1.82) is 0 Å². The molecule has 0 saturated carbocycles. The molecule has 5 nitrogen and oxygen atoms in total. The van der Waals surface area contributed by atoms with Crippen LogP contribution in [-0.2, 0) is 4.74 Å². The van der Waals surface area contributed by atoms with Crippen LogP contribution in [-0.4, -0.2) is 26.2 Å². The van der Waals surface area contributed by atoms with Crippen LogP contribution in [0.25, 0.3) is 11.3 Å². The number of hydrogen-bond acceptors (Lipinski definition) is 5. The molecule has 2 rings (SSSR count). The normalized spacial score (nSPS) is 10.2. The Morgan fingerprint density at radius 3 is 2.59 bits per heavy atom. The van der Waals surface area contributed by atoms with E-state index in [9.17, 15) is 0 Å². The van der Waals surface area contributed by atoms with Crippen molar-refractivity contribution in [2.45, 2.75) is 0 Å². The van der Waals surface area contributed by atoms with E-state index in [-0.39, 0.29) is 6.79 Å². The predicted octanol–water partition coefficient (Wildman–Crippen LogP) is 2.33. The van der Waals surface area contributed by atoms with Crippen molar-refractivity contribution in [2.75, 3.05) is 21.0 Å². The van der Waals surface area contributed by atoms with Crippen LogP contribution >= 0.6 is 0 Å². The largest absolute Gasteiger partial charge is 0.497 e. The molecule has 5 heteroatoms. The van der Waals surface area contributed by atoms with Gasteiger partial charge in [0.25, 0.3) is 5.88 Å².